The van der Waals surface area contributed by atoms with Crippen molar-refractivity contribution in [2.75, 3.05) is 6.61 Å². The number of hydrogen-bond acceptors (Lipinski definition) is 6. The largest absolute Gasteiger partial charge is 0.504 e. The summed E-state index contributed by atoms with van der Waals surface area (Å²) in [5.41, 5.74) is 0.750. The van der Waals surface area contributed by atoms with E-state index in [0.29, 0.717) is 0 Å². The lowest BCUT2D eigenvalue weighted by Crippen LogP contribution is -2.47. The second-order valence-corrected chi connectivity index (χ2v) is 6.78. The number of nitrogens with zero attached hydrogens (tertiary/aromatic N) is 1. The van der Waals surface area contributed by atoms with Gasteiger partial charge in [-0.2, -0.15) is 0 Å². The van der Waals surface area contributed by atoms with Crippen LogP contribution in [-0.2, 0) is 11.3 Å². The maximum Gasteiger partial charge on any atom is 0.320 e. The Hall–Kier alpha value is -4.08. The molecule has 31 heavy (non-hydrogen) atoms. The van der Waals surface area contributed by atoms with Gasteiger partial charge in [0.1, 0.15) is 0 Å². The molecule has 2 aromatic carbocycles. The second kappa shape index (κ2) is 9.16. The number of allylic oxidation sites excluding steroid dienone is 1. The molecule has 0 saturated heterocycles. The van der Waals surface area contributed by atoms with Gasteiger partial charge in [-0.3, -0.25) is 14.9 Å². The maximum absolute atomic E-state index is 13.0. The molecule has 10 nitrogen and oxygen atoms in total. The highest BCUT2D eigenvalue weighted by Crippen LogP contribution is 2.43. The van der Waals surface area contributed by atoms with E-state index in [1.54, 1.807) is 13.8 Å². The van der Waals surface area contributed by atoms with Crippen molar-refractivity contribution in [1.29, 1.82) is 0 Å². The van der Waals surface area contributed by atoms with Gasteiger partial charge in [-0.05, 0) is 31.5 Å². The van der Waals surface area contributed by atoms with E-state index < -0.39 is 34.3 Å². The molecule has 10 heteroatoms. The van der Waals surface area contributed by atoms with Crippen molar-refractivity contribution in [3.63, 3.8) is 0 Å². The number of amides is 3. The Kier molecular flexibility index (Phi) is 6.39. The van der Waals surface area contributed by atoms with Crippen molar-refractivity contribution < 1.29 is 24.4 Å². The number of urea groups is 1. The number of hydrogen-bond donors (Lipinski definition) is 4. The van der Waals surface area contributed by atoms with Crippen LogP contribution < -0.4 is 20.7 Å². The number of benzene rings is 2. The molecule has 0 aliphatic carbocycles. The number of nitrogens with one attached hydrogen (secondary N) is 3. The standard InChI is InChI=1S/C21H22N4O6/c1-3-31-19-15(26)10-9-14(18(19)25(29)30)17-16(12(2)23-21(28)24-17)20(27)22-11-13-7-5-4-6-8-13/h4-10,17,26H,3,11H2,1-2H3,(H,22,27)(H2,23,24,28)/t17-/m1/s1. The van der Waals surface area contributed by atoms with E-state index in [1.807, 2.05) is 30.3 Å². The van der Waals surface area contributed by atoms with Gasteiger partial charge in [0.2, 0.25) is 5.75 Å². The third kappa shape index (κ3) is 4.58. The molecule has 4 N–H and O–H groups in total. The number of carbonyl (C=O) groups is 2. The van der Waals surface area contributed by atoms with Gasteiger partial charge in [0.15, 0.2) is 5.75 Å². The molecule has 1 atom stereocenters. The van der Waals surface area contributed by atoms with Crippen LogP contribution in [0.1, 0.15) is 31.0 Å². The first kappa shape index (κ1) is 21.6. The van der Waals surface area contributed by atoms with Crippen molar-refractivity contribution >= 4 is 17.6 Å². The van der Waals surface area contributed by atoms with E-state index in [2.05, 4.69) is 16.0 Å². The first-order valence-electron chi connectivity index (χ1n) is 9.57. The summed E-state index contributed by atoms with van der Waals surface area (Å²) in [4.78, 5) is 36.3. The number of carbonyl (C=O) groups excluding carboxylic acids is 2. The fourth-order valence-electron chi connectivity index (χ4n) is 3.39. The lowest BCUT2D eigenvalue weighted by Gasteiger charge is -2.28. The maximum atomic E-state index is 13.0. The molecular weight excluding hydrogens is 404 g/mol. The van der Waals surface area contributed by atoms with Gasteiger partial charge in [-0.15, -0.1) is 0 Å². The van der Waals surface area contributed by atoms with Crippen molar-refractivity contribution in [2.24, 2.45) is 0 Å². The number of nitro groups is 1. The lowest BCUT2D eigenvalue weighted by atomic mass is 9.93. The molecule has 0 bridgehead atoms. The first-order chi connectivity index (χ1) is 14.8. The Morgan fingerprint density at radius 3 is 2.61 bits per heavy atom. The van der Waals surface area contributed by atoms with Gasteiger partial charge in [0.05, 0.1) is 28.7 Å². The number of ether oxygens (including phenoxy) is 1. The summed E-state index contributed by atoms with van der Waals surface area (Å²) in [5.74, 6) is -1.23. The summed E-state index contributed by atoms with van der Waals surface area (Å²) in [5, 5.41) is 29.8. The van der Waals surface area contributed by atoms with Gasteiger partial charge in [-0.25, -0.2) is 4.79 Å². The Labute approximate surface area is 178 Å². The van der Waals surface area contributed by atoms with Crippen LogP contribution in [-0.4, -0.2) is 28.6 Å². The highest BCUT2D eigenvalue weighted by atomic mass is 16.6. The Morgan fingerprint density at radius 2 is 1.97 bits per heavy atom. The topological polar surface area (TPSA) is 143 Å². The van der Waals surface area contributed by atoms with Crippen molar-refractivity contribution in [1.82, 2.24) is 16.0 Å². The van der Waals surface area contributed by atoms with Crippen LogP contribution >= 0.6 is 0 Å². The summed E-state index contributed by atoms with van der Waals surface area (Å²) in [6, 6.07) is 10.0. The minimum atomic E-state index is -1.12. The number of nitro benzene ring substituents is 1. The van der Waals surface area contributed by atoms with Crippen LogP contribution in [0.4, 0.5) is 10.5 Å². The second-order valence-electron chi connectivity index (χ2n) is 6.78. The molecule has 0 saturated carbocycles. The summed E-state index contributed by atoms with van der Waals surface area (Å²) in [7, 11) is 0. The zero-order valence-electron chi connectivity index (χ0n) is 17.0. The minimum Gasteiger partial charge on any atom is -0.504 e. The van der Waals surface area contributed by atoms with E-state index in [-0.39, 0.29) is 35.7 Å². The fourth-order valence-corrected chi connectivity index (χ4v) is 3.39. The van der Waals surface area contributed by atoms with Crippen LogP contribution in [0, 0.1) is 10.1 Å². The predicted molar refractivity (Wildman–Crippen MR) is 111 cm³/mol. The number of phenols is 1. The number of aromatic hydroxyl groups is 1. The van der Waals surface area contributed by atoms with Gasteiger partial charge in [-0.1, -0.05) is 30.3 Å². The first-order valence-corrected chi connectivity index (χ1v) is 9.57. The summed E-state index contributed by atoms with van der Waals surface area (Å²) >= 11 is 0. The SMILES string of the molecule is CCOc1c(O)ccc([C@H]2NC(=O)NC(C)=C2C(=O)NCc2ccccc2)c1[N+](=O)[O-]. The highest BCUT2D eigenvalue weighted by molar-refractivity contribution is 5.99. The zero-order valence-corrected chi connectivity index (χ0v) is 17.0. The predicted octanol–water partition coefficient (Wildman–Crippen LogP) is 2.64. The molecule has 0 spiro atoms. The van der Waals surface area contributed by atoms with Crippen molar-refractivity contribution in [2.45, 2.75) is 26.4 Å². The van der Waals surface area contributed by atoms with Gasteiger partial charge in [0.25, 0.3) is 5.91 Å². The quantitative estimate of drug-likeness (QED) is 0.396. The third-order valence-corrected chi connectivity index (χ3v) is 4.73. The molecule has 1 aliphatic rings. The van der Waals surface area contributed by atoms with E-state index in [9.17, 15) is 24.8 Å². The van der Waals surface area contributed by atoms with Crippen LogP contribution in [0.5, 0.6) is 11.5 Å². The molecular formula is C21H22N4O6. The van der Waals surface area contributed by atoms with E-state index in [4.69, 9.17) is 4.74 Å². The molecule has 3 rings (SSSR count). The van der Waals surface area contributed by atoms with Crippen LogP contribution in [0.25, 0.3) is 0 Å². The molecule has 0 radical (unpaired) electrons. The molecule has 0 unspecified atom stereocenters. The van der Waals surface area contributed by atoms with Gasteiger partial charge < -0.3 is 25.8 Å². The average molecular weight is 426 g/mol. The van der Waals surface area contributed by atoms with Crippen molar-refractivity contribution in [3.05, 3.63) is 75.0 Å². The Balaban J connectivity index is 2.03. The molecule has 162 valence electrons. The molecule has 3 amide bonds. The van der Waals surface area contributed by atoms with Crippen LogP contribution in [0.2, 0.25) is 0 Å². The van der Waals surface area contributed by atoms with Gasteiger partial charge in [0, 0.05) is 12.2 Å². The summed E-state index contributed by atoms with van der Waals surface area (Å²) in [6.07, 6.45) is 0. The number of phenolic OH excluding ortho intramolecular Hbond substituents is 1. The molecule has 2 aromatic rings. The molecule has 1 aliphatic heterocycles. The van der Waals surface area contributed by atoms with E-state index in [1.165, 1.54) is 12.1 Å². The summed E-state index contributed by atoms with van der Waals surface area (Å²) < 4.78 is 5.28. The monoisotopic (exact) mass is 426 g/mol. The van der Waals surface area contributed by atoms with Gasteiger partial charge >= 0.3 is 11.7 Å². The highest BCUT2D eigenvalue weighted by Gasteiger charge is 2.37. The van der Waals surface area contributed by atoms with E-state index >= 15 is 0 Å². The summed E-state index contributed by atoms with van der Waals surface area (Å²) in [6.45, 7) is 3.47. The molecule has 0 fully saturated rings. The Morgan fingerprint density at radius 1 is 1.26 bits per heavy atom. The van der Waals surface area contributed by atoms with Crippen molar-refractivity contribution in [3.8, 4) is 11.5 Å². The Bertz CT molecular complexity index is 1050. The van der Waals surface area contributed by atoms with Crippen LogP contribution in [0.3, 0.4) is 0 Å². The third-order valence-electron chi connectivity index (χ3n) is 4.73. The van der Waals surface area contributed by atoms with Crippen LogP contribution in [0.15, 0.2) is 53.7 Å². The van der Waals surface area contributed by atoms with E-state index in [0.717, 1.165) is 5.56 Å². The average Bonchev–Trinajstić information content (AvgIpc) is 2.73. The molecule has 0 aromatic heterocycles. The minimum absolute atomic E-state index is 0.0188. The fraction of sp³-hybridized carbons (Fsp3) is 0.238. The number of rotatable bonds is 7. The lowest BCUT2D eigenvalue weighted by molar-refractivity contribution is -0.386. The normalized spacial score (nSPS) is 15.7. The zero-order chi connectivity index (χ0) is 22.5. The smallest absolute Gasteiger partial charge is 0.320 e. The molecule has 1 heterocycles.